The lowest BCUT2D eigenvalue weighted by molar-refractivity contribution is -0.144. The summed E-state index contributed by atoms with van der Waals surface area (Å²) in [6.07, 6.45) is 2.01. The number of hydrogen-bond acceptors (Lipinski definition) is 2. The van der Waals surface area contributed by atoms with Gasteiger partial charge in [-0.2, -0.15) is 0 Å². The van der Waals surface area contributed by atoms with Crippen LogP contribution in [0, 0.1) is 0 Å². The molecule has 4 nitrogen and oxygen atoms in total. The molecule has 0 heterocycles. The van der Waals surface area contributed by atoms with Crippen molar-refractivity contribution in [3.05, 3.63) is 0 Å². The van der Waals surface area contributed by atoms with Gasteiger partial charge in [-0.3, -0.25) is 9.59 Å². The van der Waals surface area contributed by atoms with Gasteiger partial charge in [-0.25, -0.2) is 0 Å². The summed E-state index contributed by atoms with van der Waals surface area (Å²) in [5.74, 6) is -0.964. The van der Waals surface area contributed by atoms with Gasteiger partial charge in [0.15, 0.2) is 0 Å². The minimum Gasteiger partial charge on any atom is -0.345 e. The van der Waals surface area contributed by atoms with Crippen molar-refractivity contribution in [3.8, 4) is 0 Å². The molecule has 1 aliphatic carbocycles. The smallest absolute Gasteiger partial charge is 0.311 e. The van der Waals surface area contributed by atoms with E-state index in [2.05, 4.69) is 5.32 Å². The highest BCUT2D eigenvalue weighted by atomic mass is 16.2. The minimum absolute atomic E-state index is 0.256. The number of nitrogens with zero attached hydrogens (tertiary/aromatic N) is 1. The number of likely N-dealkylation sites (N-methyl/N-ethyl adjacent to an activating group) is 1. The highest BCUT2D eigenvalue weighted by Crippen LogP contribution is 2.18. The summed E-state index contributed by atoms with van der Waals surface area (Å²) in [5, 5.41) is 2.60. The van der Waals surface area contributed by atoms with Gasteiger partial charge < -0.3 is 10.2 Å². The average molecular weight is 156 g/mol. The topological polar surface area (TPSA) is 49.4 Å². The third-order valence-corrected chi connectivity index (χ3v) is 1.51. The molecule has 0 bridgehead atoms. The van der Waals surface area contributed by atoms with Crippen LogP contribution in [-0.4, -0.2) is 36.9 Å². The second-order valence-corrected chi connectivity index (χ2v) is 2.95. The van der Waals surface area contributed by atoms with Gasteiger partial charge in [-0.05, 0) is 12.8 Å². The van der Waals surface area contributed by atoms with Crippen LogP contribution in [0.4, 0.5) is 0 Å². The molecule has 62 valence electrons. The molecular formula is C7H12N2O2. The van der Waals surface area contributed by atoms with Crippen LogP contribution in [-0.2, 0) is 9.59 Å². The van der Waals surface area contributed by atoms with Gasteiger partial charge in [0.1, 0.15) is 0 Å². The van der Waals surface area contributed by atoms with E-state index in [9.17, 15) is 9.59 Å². The molecule has 0 aliphatic heterocycles. The van der Waals surface area contributed by atoms with Crippen LogP contribution in [0.3, 0.4) is 0 Å². The zero-order chi connectivity index (χ0) is 8.43. The molecule has 1 N–H and O–H groups in total. The zero-order valence-corrected chi connectivity index (χ0v) is 6.76. The summed E-state index contributed by atoms with van der Waals surface area (Å²) in [6.45, 7) is 0. The minimum atomic E-state index is -0.488. The molecule has 4 heteroatoms. The van der Waals surface area contributed by atoms with Crippen molar-refractivity contribution in [2.75, 3.05) is 14.1 Å². The van der Waals surface area contributed by atoms with E-state index in [1.54, 1.807) is 14.1 Å². The molecule has 0 saturated heterocycles. The number of hydrogen-bond donors (Lipinski definition) is 1. The third kappa shape index (κ3) is 2.22. The molecule has 1 saturated carbocycles. The van der Waals surface area contributed by atoms with Crippen LogP contribution in [0.25, 0.3) is 0 Å². The fraction of sp³-hybridized carbons (Fsp3) is 0.714. The van der Waals surface area contributed by atoms with Gasteiger partial charge in [0.25, 0.3) is 0 Å². The van der Waals surface area contributed by atoms with Crippen molar-refractivity contribution in [1.82, 2.24) is 10.2 Å². The van der Waals surface area contributed by atoms with Crippen molar-refractivity contribution in [3.63, 3.8) is 0 Å². The summed E-state index contributed by atoms with van der Waals surface area (Å²) in [5.41, 5.74) is 0. The van der Waals surface area contributed by atoms with Crippen LogP contribution in [0.1, 0.15) is 12.8 Å². The van der Waals surface area contributed by atoms with Crippen molar-refractivity contribution in [2.24, 2.45) is 0 Å². The third-order valence-electron chi connectivity index (χ3n) is 1.51. The van der Waals surface area contributed by atoms with Crippen molar-refractivity contribution >= 4 is 11.8 Å². The van der Waals surface area contributed by atoms with E-state index in [0.29, 0.717) is 0 Å². The highest BCUT2D eigenvalue weighted by Gasteiger charge is 2.26. The highest BCUT2D eigenvalue weighted by molar-refractivity contribution is 6.34. The summed E-state index contributed by atoms with van der Waals surface area (Å²) in [7, 11) is 3.13. The van der Waals surface area contributed by atoms with E-state index in [4.69, 9.17) is 0 Å². The van der Waals surface area contributed by atoms with Crippen molar-refractivity contribution in [1.29, 1.82) is 0 Å². The van der Waals surface area contributed by atoms with E-state index in [1.807, 2.05) is 0 Å². The molecule has 11 heavy (non-hydrogen) atoms. The number of amides is 2. The monoisotopic (exact) mass is 156 g/mol. The summed E-state index contributed by atoms with van der Waals surface area (Å²) < 4.78 is 0. The lowest BCUT2D eigenvalue weighted by Gasteiger charge is -2.08. The first kappa shape index (κ1) is 8.04. The summed E-state index contributed by atoms with van der Waals surface area (Å²) in [6, 6.07) is 0.256. The quantitative estimate of drug-likeness (QED) is 0.513. The average Bonchev–Trinajstić information content (AvgIpc) is 2.69. The Morgan fingerprint density at radius 1 is 1.36 bits per heavy atom. The number of rotatable bonds is 1. The van der Waals surface area contributed by atoms with E-state index in [-0.39, 0.29) is 6.04 Å². The molecule has 1 aliphatic rings. The van der Waals surface area contributed by atoms with Crippen LogP contribution in [0.2, 0.25) is 0 Å². The molecule has 0 atom stereocenters. The van der Waals surface area contributed by atoms with Crippen LogP contribution >= 0.6 is 0 Å². The lowest BCUT2D eigenvalue weighted by Crippen LogP contribution is -2.40. The molecule has 2 amide bonds. The van der Waals surface area contributed by atoms with Gasteiger partial charge in [-0.15, -0.1) is 0 Å². The predicted octanol–water partition coefficient (Wildman–Crippen LogP) is -0.647. The van der Waals surface area contributed by atoms with Crippen LogP contribution < -0.4 is 5.32 Å². The fourth-order valence-corrected chi connectivity index (χ4v) is 0.678. The standard InChI is InChI=1S/C7H12N2O2/c1-9(2)7(11)6(10)8-5-3-4-5/h5H,3-4H2,1-2H3,(H,8,10). The lowest BCUT2D eigenvalue weighted by atomic mass is 10.5. The SMILES string of the molecule is CN(C)C(=O)C(=O)NC1CC1. The second kappa shape index (κ2) is 2.90. The molecule has 0 radical (unpaired) electrons. The molecule has 1 fully saturated rings. The van der Waals surface area contributed by atoms with Crippen molar-refractivity contribution < 1.29 is 9.59 Å². The maximum Gasteiger partial charge on any atom is 0.311 e. The Morgan fingerprint density at radius 3 is 2.27 bits per heavy atom. The van der Waals surface area contributed by atoms with Gasteiger partial charge in [-0.1, -0.05) is 0 Å². The van der Waals surface area contributed by atoms with Gasteiger partial charge in [0, 0.05) is 20.1 Å². The summed E-state index contributed by atoms with van der Waals surface area (Å²) in [4.78, 5) is 23.1. The number of nitrogens with one attached hydrogen (secondary N) is 1. The number of carbonyl (C=O) groups excluding carboxylic acids is 2. The zero-order valence-electron chi connectivity index (χ0n) is 6.76. The molecule has 0 aromatic rings. The largest absolute Gasteiger partial charge is 0.345 e. The Labute approximate surface area is 65.6 Å². The molecule has 0 aromatic heterocycles. The fourth-order valence-electron chi connectivity index (χ4n) is 0.678. The Kier molecular flexibility index (Phi) is 2.12. The molecular weight excluding hydrogens is 144 g/mol. The molecule has 0 unspecified atom stereocenters. The number of carbonyl (C=O) groups is 2. The Balaban J connectivity index is 2.33. The maximum atomic E-state index is 10.9. The second-order valence-electron chi connectivity index (χ2n) is 2.95. The van der Waals surface area contributed by atoms with Gasteiger partial charge >= 0.3 is 11.8 Å². The Morgan fingerprint density at radius 2 is 1.91 bits per heavy atom. The van der Waals surface area contributed by atoms with Gasteiger partial charge in [0.05, 0.1) is 0 Å². The molecule has 1 rings (SSSR count). The molecule has 0 spiro atoms. The predicted molar refractivity (Wildman–Crippen MR) is 39.9 cm³/mol. The van der Waals surface area contributed by atoms with E-state index >= 15 is 0 Å². The normalized spacial score (nSPS) is 15.8. The van der Waals surface area contributed by atoms with E-state index < -0.39 is 11.8 Å². The maximum absolute atomic E-state index is 10.9. The first-order valence-corrected chi connectivity index (χ1v) is 3.63. The van der Waals surface area contributed by atoms with Crippen LogP contribution in [0.5, 0.6) is 0 Å². The van der Waals surface area contributed by atoms with Crippen LogP contribution in [0.15, 0.2) is 0 Å². The Bertz CT molecular complexity index is 185. The van der Waals surface area contributed by atoms with E-state index in [1.165, 1.54) is 4.90 Å². The first-order valence-electron chi connectivity index (χ1n) is 3.63. The summed E-state index contributed by atoms with van der Waals surface area (Å²) >= 11 is 0. The van der Waals surface area contributed by atoms with Crippen molar-refractivity contribution in [2.45, 2.75) is 18.9 Å². The Hall–Kier alpha value is -1.06. The van der Waals surface area contributed by atoms with E-state index in [0.717, 1.165) is 12.8 Å². The molecule has 0 aromatic carbocycles. The van der Waals surface area contributed by atoms with Gasteiger partial charge in [0.2, 0.25) is 0 Å². The first-order chi connectivity index (χ1) is 5.11.